The Balaban J connectivity index is 2.35. The monoisotopic (exact) mass is 342 g/mol. The minimum atomic E-state index is -0.377. The van der Waals surface area contributed by atoms with Gasteiger partial charge in [-0.25, -0.2) is 4.79 Å². The largest absolute Gasteiger partial charge is 0.393 e. The number of aliphatic hydroxyl groups is 1. The molecule has 1 aromatic rings. The van der Waals surface area contributed by atoms with Crippen LogP contribution < -0.4 is 10.6 Å². The first-order valence-corrected chi connectivity index (χ1v) is 7.67. The summed E-state index contributed by atoms with van der Waals surface area (Å²) in [6.45, 7) is 6.32. The van der Waals surface area contributed by atoms with Gasteiger partial charge in [0.2, 0.25) is 0 Å². The van der Waals surface area contributed by atoms with Crippen molar-refractivity contribution in [2.75, 3.05) is 6.54 Å². The minimum Gasteiger partial charge on any atom is -0.393 e. The van der Waals surface area contributed by atoms with Crippen LogP contribution in [0.15, 0.2) is 28.7 Å². The Bertz CT molecular complexity index is 438. The van der Waals surface area contributed by atoms with Gasteiger partial charge < -0.3 is 15.7 Å². The quantitative estimate of drug-likeness (QED) is 0.743. The Hall–Kier alpha value is -1.07. The molecule has 0 aliphatic carbocycles. The van der Waals surface area contributed by atoms with E-state index in [1.165, 1.54) is 0 Å². The fourth-order valence-corrected chi connectivity index (χ4v) is 2.19. The van der Waals surface area contributed by atoms with Gasteiger partial charge in [-0.1, -0.05) is 41.9 Å². The molecule has 1 rings (SSSR count). The van der Waals surface area contributed by atoms with Gasteiger partial charge in [0.25, 0.3) is 0 Å². The van der Waals surface area contributed by atoms with E-state index in [-0.39, 0.29) is 24.1 Å². The molecule has 0 bridgehead atoms. The van der Waals surface area contributed by atoms with E-state index >= 15 is 0 Å². The number of aliphatic hydroxyl groups excluding tert-OH is 1. The molecule has 0 aliphatic rings. The SMILES string of the molecule is CC(NC(=O)NCCC(O)C(C)C)c1cccc(Br)c1. The highest BCUT2D eigenvalue weighted by atomic mass is 79.9. The molecule has 1 aromatic carbocycles. The van der Waals surface area contributed by atoms with E-state index in [2.05, 4.69) is 26.6 Å². The average molecular weight is 343 g/mol. The molecule has 0 radical (unpaired) electrons. The lowest BCUT2D eigenvalue weighted by Gasteiger charge is -2.17. The maximum atomic E-state index is 11.7. The lowest BCUT2D eigenvalue weighted by Crippen LogP contribution is -2.38. The number of benzene rings is 1. The molecule has 2 amide bonds. The normalized spacial score (nSPS) is 13.9. The third-order valence-corrected chi connectivity index (χ3v) is 3.68. The van der Waals surface area contributed by atoms with Crippen molar-refractivity contribution in [3.63, 3.8) is 0 Å². The summed E-state index contributed by atoms with van der Waals surface area (Å²) in [4.78, 5) is 11.7. The number of hydrogen-bond donors (Lipinski definition) is 3. The summed E-state index contributed by atoms with van der Waals surface area (Å²) in [7, 11) is 0. The highest BCUT2D eigenvalue weighted by molar-refractivity contribution is 9.10. The number of carbonyl (C=O) groups is 1. The van der Waals surface area contributed by atoms with E-state index in [0.717, 1.165) is 10.0 Å². The van der Waals surface area contributed by atoms with Crippen molar-refractivity contribution in [3.05, 3.63) is 34.3 Å². The second-order valence-electron chi connectivity index (χ2n) is 5.28. The smallest absolute Gasteiger partial charge is 0.315 e. The van der Waals surface area contributed by atoms with Crippen molar-refractivity contribution >= 4 is 22.0 Å². The Morgan fingerprint density at radius 2 is 2.05 bits per heavy atom. The highest BCUT2D eigenvalue weighted by Gasteiger charge is 2.11. The summed E-state index contributed by atoms with van der Waals surface area (Å²) in [5.41, 5.74) is 1.04. The molecule has 0 saturated heterocycles. The predicted molar refractivity (Wildman–Crippen MR) is 84.6 cm³/mol. The molecular formula is C15H23BrN2O2. The van der Waals surface area contributed by atoms with Gasteiger partial charge >= 0.3 is 6.03 Å². The summed E-state index contributed by atoms with van der Waals surface area (Å²) in [5, 5.41) is 15.3. The fourth-order valence-electron chi connectivity index (χ4n) is 1.77. The second kappa shape index (κ2) is 8.27. The van der Waals surface area contributed by atoms with E-state index in [9.17, 15) is 9.90 Å². The van der Waals surface area contributed by atoms with E-state index in [1.807, 2.05) is 45.0 Å². The molecule has 20 heavy (non-hydrogen) atoms. The van der Waals surface area contributed by atoms with Crippen LogP contribution in [-0.2, 0) is 0 Å². The Morgan fingerprint density at radius 1 is 1.35 bits per heavy atom. The summed E-state index contributed by atoms with van der Waals surface area (Å²) >= 11 is 3.41. The lowest BCUT2D eigenvalue weighted by atomic mass is 10.0. The zero-order valence-electron chi connectivity index (χ0n) is 12.2. The van der Waals surface area contributed by atoms with Gasteiger partial charge in [0.1, 0.15) is 0 Å². The van der Waals surface area contributed by atoms with Gasteiger partial charge in [0, 0.05) is 11.0 Å². The zero-order chi connectivity index (χ0) is 15.1. The van der Waals surface area contributed by atoms with Gasteiger partial charge in [-0.2, -0.15) is 0 Å². The van der Waals surface area contributed by atoms with Crippen molar-refractivity contribution in [1.82, 2.24) is 10.6 Å². The highest BCUT2D eigenvalue weighted by Crippen LogP contribution is 2.17. The van der Waals surface area contributed by atoms with Crippen LogP contribution in [0.2, 0.25) is 0 Å². The predicted octanol–water partition coefficient (Wildman–Crippen LogP) is 3.22. The molecule has 0 fully saturated rings. The van der Waals surface area contributed by atoms with Crippen LogP contribution in [0.5, 0.6) is 0 Å². The molecule has 2 unspecified atom stereocenters. The summed E-state index contributed by atoms with van der Waals surface area (Å²) in [6, 6.07) is 7.56. The molecule has 5 heteroatoms. The molecule has 0 aromatic heterocycles. The minimum absolute atomic E-state index is 0.0671. The number of carbonyl (C=O) groups excluding carboxylic acids is 1. The molecule has 2 atom stereocenters. The molecule has 4 nitrogen and oxygen atoms in total. The van der Waals surface area contributed by atoms with Crippen molar-refractivity contribution in [2.45, 2.75) is 39.3 Å². The Morgan fingerprint density at radius 3 is 2.65 bits per heavy atom. The number of amides is 2. The van der Waals surface area contributed by atoms with Crippen molar-refractivity contribution < 1.29 is 9.90 Å². The third kappa shape index (κ3) is 5.92. The maximum Gasteiger partial charge on any atom is 0.315 e. The average Bonchev–Trinajstić information content (AvgIpc) is 2.38. The molecule has 0 saturated carbocycles. The number of nitrogens with one attached hydrogen (secondary N) is 2. The van der Waals surface area contributed by atoms with E-state index in [4.69, 9.17) is 0 Å². The summed E-state index contributed by atoms with van der Waals surface area (Å²) in [5.74, 6) is 0.209. The molecule has 112 valence electrons. The first-order chi connectivity index (χ1) is 9.40. The van der Waals surface area contributed by atoms with Gasteiger partial charge in [0.05, 0.1) is 12.1 Å². The first-order valence-electron chi connectivity index (χ1n) is 6.88. The molecular weight excluding hydrogens is 320 g/mol. The molecule has 0 heterocycles. The number of hydrogen-bond acceptors (Lipinski definition) is 2. The number of rotatable bonds is 6. The van der Waals surface area contributed by atoms with Crippen molar-refractivity contribution in [3.8, 4) is 0 Å². The molecule has 0 aliphatic heterocycles. The maximum absolute atomic E-state index is 11.7. The summed E-state index contributed by atoms with van der Waals surface area (Å²) in [6.07, 6.45) is 0.189. The van der Waals surface area contributed by atoms with Gasteiger partial charge in [-0.05, 0) is 37.0 Å². The molecule has 0 spiro atoms. The zero-order valence-corrected chi connectivity index (χ0v) is 13.8. The Labute approximate surface area is 129 Å². The number of urea groups is 1. The van der Waals surface area contributed by atoms with Crippen LogP contribution in [0.3, 0.4) is 0 Å². The Kier molecular flexibility index (Phi) is 7.02. The lowest BCUT2D eigenvalue weighted by molar-refractivity contribution is 0.116. The van der Waals surface area contributed by atoms with Gasteiger partial charge in [-0.15, -0.1) is 0 Å². The second-order valence-corrected chi connectivity index (χ2v) is 6.19. The van der Waals surface area contributed by atoms with Gasteiger partial charge in [0.15, 0.2) is 0 Å². The number of halogens is 1. The van der Waals surface area contributed by atoms with Crippen molar-refractivity contribution in [1.29, 1.82) is 0 Å². The van der Waals surface area contributed by atoms with Crippen LogP contribution in [0, 0.1) is 5.92 Å². The van der Waals surface area contributed by atoms with E-state index < -0.39 is 0 Å². The van der Waals surface area contributed by atoms with Crippen molar-refractivity contribution in [2.24, 2.45) is 5.92 Å². The third-order valence-electron chi connectivity index (χ3n) is 3.19. The first kappa shape index (κ1) is 17.0. The topological polar surface area (TPSA) is 61.4 Å². The van der Waals surface area contributed by atoms with Crippen LogP contribution in [0.25, 0.3) is 0 Å². The summed E-state index contributed by atoms with van der Waals surface area (Å²) < 4.78 is 0.990. The van der Waals surface area contributed by atoms with E-state index in [0.29, 0.717) is 13.0 Å². The van der Waals surface area contributed by atoms with Crippen LogP contribution in [0.4, 0.5) is 4.79 Å². The van der Waals surface area contributed by atoms with Crippen LogP contribution in [-0.4, -0.2) is 23.8 Å². The van der Waals surface area contributed by atoms with Crippen LogP contribution in [0.1, 0.15) is 38.8 Å². The standard InChI is InChI=1S/C15H23BrN2O2/c1-10(2)14(19)7-8-17-15(20)18-11(3)12-5-4-6-13(16)9-12/h4-6,9-11,14,19H,7-8H2,1-3H3,(H2,17,18,20). The van der Waals surface area contributed by atoms with Crippen LogP contribution >= 0.6 is 15.9 Å². The van der Waals surface area contributed by atoms with Gasteiger partial charge in [-0.3, -0.25) is 0 Å². The molecule has 3 N–H and O–H groups in total. The van der Waals surface area contributed by atoms with E-state index in [1.54, 1.807) is 0 Å². The fraction of sp³-hybridized carbons (Fsp3) is 0.533.